The number of thioether (sulfide) groups is 1. The Morgan fingerprint density at radius 1 is 1.00 bits per heavy atom. The van der Waals surface area contributed by atoms with Crippen LogP contribution >= 0.6 is 11.8 Å². The van der Waals surface area contributed by atoms with E-state index in [0.717, 1.165) is 28.1 Å². The van der Waals surface area contributed by atoms with Crippen LogP contribution in [0, 0.1) is 13.8 Å². The van der Waals surface area contributed by atoms with Gasteiger partial charge in [0.1, 0.15) is 17.1 Å². The summed E-state index contributed by atoms with van der Waals surface area (Å²) in [6.07, 6.45) is -2.33. The van der Waals surface area contributed by atoms with E-state index in [2.05, 4.69) is 32.4 Å². The summed E-state index contributed by atoms with van der Waals surface area (Å²) in [5.41, 5.74) is 2.12. The Hall–Kier alpha value is -3.33. The lowest BCUT2D eigenvalue weighted by atomic mass is 10.1. The molecule has 182 valence electrons. The molecule has 0 bridgehead atoms. The zero-order valence-corrected chi connectivity index (χ0v) is 20.7. The first-order valence-corrected chi connectivity index (χ1v) is 12.1. The number of aromatic nitrogens is 4. The molecular weight excluding hydrogens is 471 g/mol. The number of halogens is 3. The van der Waals surface area contributed by atoms with Crippen LogP contribution in [0.1, 0.15) is 42.4 Å². The van der Waals surface area contributed by atoms with Crippen LogP contribution in [-0.4, -0.2) is 19.5 Å². The fourth-order valence-corrected chi connectivity index (χ4v) is 4.80. The first-order chi connectivity index (χ1) is 16.6. The summed E-state index contributed by atoms with van der Waals surface area (Å²) in [4.78, 5) is 13.6. The molecule has 0 amide bonds. The molecule has 35 heavy (non-hydrogen) atoms. The second kappa shape index (κ2) is 10.1. The van der Waals surface area contributed by atoms with Gasteiger partial charge in [0.25, 0.3) is 0 Å². The molecule has 0 aliphatic heterocycles. The maximum atomic E-state index is 13.8. The molecule has 4 rings (SSSR count). The normalized spacial score (nSPS) is 11.8. The van der Waals surface area contributed by atoms with Crippen LogP contribution in [-0.2, 0) is 11.9 Å². The minimum absolute atomic E-state index is 0.0804. The van der Waals surface area contributed by atoms with E-state index in [4.69, 9.17) is 0 Å². The predicted molar refractivity (Wildman–Crippen MR) is 134 cm³/mol. The second-order valence-electron chi connectivity index (χ2n) is 8.48. The largest absolute Gasteiger partial charge is 0.420 e. The molecule has 2 aromatic heterocycles. The second-order valence-corrected chi connectivity index (χ2v) is 9.53. The van der Waals surface area contributed by atoms with Gasteiger partial charge >= 0.3 is 6.18 Å². The molecule has 0 unspecified atom stereocenters. The number of aryl methyl sites for hydroxylation is 2. The van der Waals surface area contributed by atoms with Crippen LogP contribution in [0.5, 0.6) is 0 Å². The number of hydrogen-bond acceptors (Lipinski definition) is 5. The third-order valence-electron chi connectivity index (χ3n) is 5.53. The minimum atomic E-state index is -4.60. The van der Waals surface area contributed by atoms with Gasteiger partial charge in [0.2, 0.25) is 5.95 Å². The zero-order chi connectivity index (χ0) is 25.2. The van der Waals surface area contributed by atoms with Crippen molar-refractivity contribution in [2.24, 2.45) is 0 Å². The lowest BCUT2D eigenvalue weighted by Gasteiger charge is -2.18. The summed E-state index contributed by atoms with van der Waals surface area (Å²) in [6.45, 7) is 7.49. The zero-order valence-electron chi connectivity index (χ0n) is 19.9. The molecule has 0 radical (unpaired) electrons. The van der Waals surface area contributed by atoms with Crippen LogP contribution in [0.4, 0.5) is 24.8 Å². The van der Waals surface area contributed by atoms with Crippen molar-refractivity contribution < 1.29 is 13.2 Å². The summed E-state index contributed by atoms with van der Waals surface area (Å²) in [5, 5.41) is 3.09. The Bertz CT molecular complexity index is 1320. The van der Waals surface area contributed by atoms with Crippen LogP contribution in [0.25, 0.3) is 11.4 Å². The van der Waals surface area contributed by atoms with E-state index in [-0.39, 0.29) is 17.7 Å². The molecule has 1 N–H and O–H groups in total. The lowest BCUT2D eigenvalue weighted by Crippen LogP contribution is -2.14. The van der Waals surface area contributed by atoms with Gasteiger partial charge in [-0.25, -0.2) is 15.0 Å². The summed E-state index contributed by atoms with van der Waals surface area (Å²) >= 11 is 1.72. The molecule has 4 aromatic rings. The minimum Gasteiger partial charge on any atom is -0.324 e. The molecule has 0 atom stereocenters. The van der Waals surface area contributed by atoms with Gasteiger partial charge in [-0.1, -0.05) is 30.3 Å². The van der Waals surface area contributed by atoms with E-state index in [1.807, 2.05) is 57.2 Å². The molecule has 0 aliphatic carbocycles. The lowest BCUT2D eigenvalue weighted by molar-refractivity contribution is -0.137. The van der Waals surface area contributed by atoms with Gasteiger partial charge in [-0.15, -0.1) is 11.8 Å². The number of anilines is 2. The van der Waals surface area contributed by atoms with Gasteiger partial charge in [-0.3, -0.25) is 0 Å². The topological polar surface area (TPSA) is 55.6 Å². The number of benzene rings is 2. The molecule has 0 spiro atoms. The molecule has 0 saturated carbocycles. The summed E-state index contributed by atoms with van der Waals surface area (Å²) in [6, 6.07) is 16.0. The number of nitrogens with one attached hydrogen (secondary N) is 1. The standard InChI is InChI=1S/C26H26F3N5S/c1-16(2)34-18(4)30-14-23(34)24-21(26(27,28)29)13-31-25(33-24)32-22-11-10-20(12-17(22)3)35-15-19-8-6-5-7-9-19/h5-14,16H,15H2,1-4H3,(H,31,32,33). The van der Waals surface area contributed by atoms with Crippen molar-refractivity contribution in [2.45, 2.75) is 50.6 Å². The van der Waals surface area contributed by atoms with Gasteiger partial charge in [0, 0.05) is 28.6 Å². The molecule has 0 saturated heterocycles. The average Bonchev–Trinajstić information content (AvgIpc) is 3.21. The molecule has 2 aromatic carbocycles. The highest BCUT2D eigenvalue weighted by Crippen LogP contribution is 2.37. The monoisotopic (exact) mass is 497 g/mol. The Labute approximate surface area is 206 Å². The van der Waals surface area contributed by atoms with E-state index in [1.54, 1.807) is 23.3 Å². The maximum absolute atomic E-state index is 13.8. The molecule has 9 heteroatoms. The van der Waals surface area contributed by atoms with Gasteiger partial charge in [0.05, 0.1) is 11.9 Å². The van der Waals surface area contributed by atoms with Crippen molar-refractivity contribution in [1.82, 2.24) is 19.5 Å². The fourth-order valence-electron chi connectivity index (χ4n) is 3.85. The van der Waals surface area contributed by atoms with Gasteiger partial charge in [-0.05, 0) is 57.0 Å². The van der Waals surface area contributed by atoms with Crippen molar-refractivity contribution in [3.8, 4) is 11.4 Å². The smallest absolute Gasteiger partial charge is 0.324 e. The number of rotatable bonds is 7. The number of alkyl halides is 3. The summed E-state index contributed by atoms with van der Waals surface area (Å²) < 4.78 is 43.2. The number of imidazole rings is 1. The van der Waals surface area contributed by atoms with Crippen molar-refractivity contribution in [1.29, 1.82) is 0 Å². The van der Waals surface area contributed by atoms with E-state index < -0.39 is 11.7 Å². The maximum Gasteiger partial charge on any atom is 0.420 e. The molecule has 2 heterocycles. The SMILES string of the molecule is Cc1cc(SCc2ccccc2)ccc1Nc1ncc(C(F)(F)F)c(-c2cnc(C)n2C(C)C)n1. The van der Waals surface area contributed by atoms with Gasteiger partial charge in [-0.2, -0.15) is 13.2 Å². The summed E-state index contributed by atoms with van der Waals surface area (Å²) in [7, 11) is 0. The molecular formula is C26H26F3N5S. The number of hydrogen-bond donors (Lipinski definition) is 1. The first kappa shape index (κ1) is 24.8. The Morgan fingerprint density at radius 3 is 2.40 bits per heavy atom. The third kappa shape index (κ3) is 5.67. The van der Waals surface area contributed by atoms with Crippen LogP contribution in [0.3, 0.4) is 0 Å². The highest BCUT2D eigenvalue weighted by Gasteiger charge is 2.36. The highest BCUT2D eigenvalue weighted by molar-refractivity contribution is 7.98. The van der Waals surface area contributed by atoms with Crippen molar-refractivity contribution >= 4 is 23.4 Å². The third-order valence-corrected chi connectivity index (χ3v) is 6.59. The molecule has 0 aliphatic rings. The van der Waals surface area contributed by atoms with E-state index in [1.165, 1.54) is 11.8 Å². The first-order valence-electron chi connectivity index (χ1n) is 11.2. The van der Waals surface area contributed by atoms with Crippen molar-refractivity contribution in [3.05, 3.63) is 83.4 Å². The van der Waals surface area contributed by atoms with Crippen LogP contribution in [0.15, 0.2) is 65.8 Å². The van der Waals surface area contributed by atoms with Crippen LogP contribution < -0.4 is 5.32 Å². The van der Waals surface area contributed by atoms with Crippen LogP contribution in [0.2, 0.25) is 0 Å². The van der Waals surface area contributed by atoms with Crippen molar-refractivity contribution in [2.75, 3.05) is 5.32 Å². The van der Waals surface area contributed by atoms with Crippen molar-refractivity contribution in [3.63, 3.8) is 0 Å². The van der Waals surface area contributed by atoms with E-state index in [9.17, 15) is 13.2 Å². The quantitative estimate of drug-likeness (QED) is 0.267. The predicted octanol–water partition coefficient (Wildman–Crippen LogP) is 7.59. The van der Waals surface area contributed by atoms with E-state index in [0.29, 0.717) is 11.5 Å². The molecule has 5 nitrogen and oxygen atoms in total. The fraction of sp³-hybridized carbons (Fsp3) is 0.269. The Kier molecular flexibility index (Phi) is 7.16. The van der Waals surface area contributed by atoms with Gasteiger partial charge in [0.15, 0.2) is 0 Å². The molecule has 0 fully saturated rings. The highest BCUT2D eigenvalue weighted by atomic mass is 32.2. The summed E-state index contributed by atoms with van der Waals surface area (Å²) in [5.74, 6) is 1.56. The Morgan fingerprint density at radius 2 is 1.74 bits per heavy atom. The van der Waals surface area contributed by atoms with E-state index >= 15 is 0 Å². The number of nitrogens with zero attached hydrogens (tertiary/aromatic N) is 4. The van der Waals surface area contributed by atoms with Gasteiger partial charge < -0.3 is 9.88 Å². The average molecular weight is 498 g/mol. The Balaban J connectivity index is 1.62.